The van der Waals surface area contributed by atoms with Gasteiger partial charge >= 0.3 is 35.7 Å². The van der Waals surface area contributed by atoms with Crippen molar-refractivity contribution < 1.29 is 58.0 Å². The molecule has 0 bridgehead atoms. The first-order chi connectivity index (χ1) is 14.2. The smallest absolute Gasteiger partial charge is 1.00 e. The molecule has 31 heavy (non-hydrogen) atoms. The number of H-pyrrole nitrogens is 1. The molecule has 162 valence electrons. The number of aromatic nitrogens is 2. The number of pyridine rings is 1. The summed E-state index contributed by atoms with van der Waals surface area (Å²) in [5.74, 6) is 0.542. The number of rotatable bonds is 7. The SMILES string of the molecule is COc1ccc(CN(C)Cc2c[nH]c(-c3cccnc3C(F)(F)F)c2F)c(OC)c1.[H-].[Na+]. The first-order valence-electron chi connectivity index (χ1n) is 9.02. The van der Waals surface area contributed by atoms with Gasteiger partial charge in [-0.3, -0.25) is 9.88 Å². The second kappa shape index (κ2) is 10.5. The van der Waals surface area contributed by atoms with Crippen LogP contribution in [0.25, 0.3) is 11.3 Å². The van der Waals surface area contributed by atoms with E-state index in [-0.39, 0.29) is 54.3 Å². The standard InChI is InChI=1S/C21H21F4N3O2.Na.H/c1-28(11-13-6-7-15(29-2)9-17(13)30-3)12-14-10-27-19(18(14)22)16-5-4-8-26-20(16)21(23,24)25;;/h4-10,27H,11-12H2,1-3H3;;/q;+1;-1. The molecule has 0 fully saturated rings. The maximum Gasteiger partial charge on any atom is 1.00 e. The number of hydrogen-bond acceptors (Lipinski definition) is 4. The summed E-state index contributed by atoms with van der Waals surface area (Å²) in [7, 11) is 4.88. The molecule has 3 rings (SSSR count). The van der Waals surface area contributed by atoms with Crippen molar-refractivity contribution in [3.05, 3.63) is 65.4 Å². The summed E-state index contributed by atoms with van der Waals surface area (Å²) in [6.07, 6.45) is -2.28. The van der Waals surface area contributed by atoms with Gasteiger partial charge in [0.1, 0.15) is 11.5 Å². The van der Waals surface area contributed by atoms with Crippen LogP contribution in [-0.2, 0) is 19.3 Å². The largest absolute Gasteiger partial charge is 1.00 e. The van der Waals surface area contributed by atoms with Gasteiger partial charge in [-0.25, -0.2) is 4.39 Å². The van der Waals surface area contributed by atoms with Crippen molar-refractivity contribution in [1.82, 2.24) is 14.9 Å². The Labute approximate surface area is 201 Å². The average Bonchev–Trinajstić information content (AvgIpc) is 3.07. The van der Waals surface area contributed by atoms with Crippen LogP contribution >= 0.6 is 0 Å². The Morgan fingerprint density at radius 1 is 1.10 bits per heavy atom. The number of nitrogens with zero attached hydrogens (tertiary/aromatic N) is 2. The first-order valence-corrected chi connectivity index (χ1v) is 9.02. The number of aromatic amines is 1. The number of ether oxygens (including phenoxy) is 2. The molecule has 0 aliphatic rings. The second-order valence-corrected chi connectivity index (χ2v) is 6.75. The summed E-state index contributed by atoms with van der Waals surface area (Å²) in [5.41, 5.74) is -0.580. The van der Waals surface area contributed by atoms with Crippen LogP contribution in [0.15, 0.2) is 42.7 Å². The topological polar surface area (TPSA) is 50.4 Å². The average molecular weight is 447 g/mol. The monoisotopic (exact) mass is 447 g/mol. The van der Waals surface area contributed by atoms with Gasteiger partial charge in [0.15, 0.2) is 11.5 Å². The molecule has 1 aromatic carbocycles. The fourth-order valence-corrected chi connectivity index (χ4v) is 3.21. The van der Waals surface area contributed by atoms with Crippen LogP contribution in [0.5, 0.6) is 11.5 Å². The number of methoxy groups -OCH3 is 2. The zero-order valence-electron chi connectivity index (χ0n) is 18.7. The predicted molar refractivity (Wildman–Crippen MR) is 105 cm³/mol. The molecule has 0 aliphatic heterocycles. The number of hydrogen-bond donors (Lipinski definition) is 1. The third-order valence-corrected chi connectivity index (χ3v) is 4.61. The van der Waals surface area contributed by atoms with E-state index in [1.807, 2.05) is 11.0 Å². The van der Waals surface area contributed by atoms with Crippen molar-refractivity contribution in [2.45, 2.75) is 19.3 Å². The van der Waals surface area contributed by atoms with Crippen molar-refractivity contribution >= 4 is 0 Å². The molecular weight excluding hydrogens is 425 g/mol. The molecule has 0 atom stereocenters. The Bertz CT molecular complexity index is 1030. The van der Waals surface area contributed by atoms with Crippen LogP contribution in [0, 0.1) is 5.82 Å². The molecule has 0 saturated heterocycles. The number of nitrogens with one attached hydrogen (secondary N) is 1. The molecule has 0 amide bonds. The number of benzene rings is 1. The fourth-order valence-electron chi connectivity index (χ4n) is 3.21. The summed E-state index contributed by atoms with van der Waals surface area (Å²) >= 11 is 0. The van der Waals surface area contributed by atoms with E-state index in [4.69, 9.17) is 9.47 Å². The van der Waals surface area contributed by atoms with Crippen LogP contribution in [0.2, 0.25) is 0 Å². The molecule has 2 aromatic heterocycles. The number of halogens is 4. The zero-order valence-corrected chi connectivity index (χ0v) is 19.7. The van der Waals surface area contributed by atoms with Crippen molar-refractivity contribution in [2.24, 2.45) is 0 Å². The molecule has 10 heteroatoms. The molecule has 1 N–H and O–H groups in total. The van der Waals surface area contributed by atoms with Gasteiger partial charge in [-0.1, -0.05) is 6.07 Å². The molecule has 0 spiro atoms. The van der Waals surface area contributed by atoms with Gasteiger partial charge in [0.05, 0.1) is 19.9 Å². The summed E-state index contributed by atoms with van der Waals surface area (Å²) in [4.78, 5) is 7.83. The quantitative estimate of drug-likeness (QED) is 0.445. The van der Waals surface area contributed by atoms with E-state index < -0.39 is 17.7 Å². The van der Waals surface area contributed by atoms with Crippen molar-refractivity contribution in [3.8, 4) is 22.8 Å². The van der Waals surface area contributed by atoms with E-state index in [9.17, 15) is 17.6 Å². The van der Waals surface area contributed by atoms with Gasteiger partial charge < -0.3 is 15.9 Å². The van der Waals surface area contributed by atoms with E-state index in [0.717, 1.165) is 11.8 Å². The molecule has 0 radical (unpaired) electrons. The molecule has 2 heterocycles. The van der Waals surface area contributed by atoms with Crippen LogP contribution in [0.4, 0.5) is 17.6 Å². The maximum atomic E-state index is 14.9. The van der Waals surface area contributed by atoms with Crippen LogP contribution in [0.1, 0.15) is 18.2 Å². The minimum absolute atomic E-state index is 0. The Kier molecular flexibility index (Phi) is 8.53. The molecule has 0 saturated carbocycles. The Morgan fingerprint density at radius 3 is 2.45 bits per heavy atom. The molecule has 0 unspecified atom stereocenters. The minimum atomic E-state index is -4.68. The van der Waals surface area contributed by atoms with E-state index in [1.165, 1.54) is 18.3 Å². The first kappa shape index (κ1) is 25.2. The summed E-state index contributed by atoms with van der Waals surface area (Å²) in [6.45, 7) is 0.618. The third kappa shape index (κ3) is 5.79. The van der Waals surface area contributed by atoms with Crippen molar-refractivity contribution in [3.63, 3.8) is 0 Å². The zero-order chi connectivity index (χ0) is 21.9. The van der Waals surface area contributed by atoms with E-state index in [0.29, 0.717) is 18.0 Å². The van der Waals surface area contributed by atoms with Crippen LogP contribution in [-0.4, -0.2) is 36.1 Å². The molecular formula is C21H22F4N3NaO2. The van der Waals surface area contributed by atoms with Crippen LogP contribution < -0.4 is 39.0 Å². The minimum Gasteiger partial charge on any atom is -1.00 e. The predicted octanol–water partition coefficient (Wildman–Crippen LogP) is 2.00. The van der Waals surface area contributed by atoms with Crippen molar-refractivity contribution in [1.29, 1.82) is 0 Å². The van der Waals surface area contributed by atoms with Gasteiger partial charge in [-0.15, -0.1) is 0 Å². The normalized spacial score (nSPS) is 11.4. The van der Waals surface area contributed by atoms with Gasteiger partial charge in [0.2, 0.25) is 0 Å². The van der Waals surface area contributed by atoms with E-state index >= 15 is 0 Å². The molecule has 3 aromatic rings. The summed E-state index contributed by atoms with van der Waals surface area (Å²) < 4.78 is 65.1. The molecule has 5 nitrogen and oxygen atoms in total. The Hall–Kier alpha value is -2.07. The van der Waals surface area contributed by atoms with Crippen LogP contribution in [0.3, 0.4) is 0 Å². The van der Waals surface area contributed by atoms with Gasteiger partial charge in [0, 0.05) is 48.2 Å². The van der Waals surface area contributed by atoms with E-state index in [2.05, 4.69) is 9.97 Å². The number of alkyl halides is 3. The summed E-state index contributed by atoms with van der Waals surface area (Å²) in [5, 5.41) is 0. The Morgan fingerprint density at radius 2 is 1.81 bits per heavy atom. The van der Waals surface area contributed by atoms with Gasteiger partial charge in [-0.2, -0.15) is 13.2 Å². The third-order valence-electron chi connectivity index (χ3n) is 4.61. The Balaban J connectivity index is 0.00000256. The van der Waals surface area contributed by atoms with E-state index in [1.54, 1.807) is 33.4 Å². The second-order valence-electron chi connectivity index (χ2n) is 6.75. The van der Waals surface area contributed by atoms with Gasteiger partial charge in [0.25, 0.3) is 0 Å². The van der Waals surface area contributed by atoms with Crippen molar-refractivity contribution in [2.75, 3.05) is 21.3 Å². The fraction of sp³-hybridized carbons (Fsp3) is 0.286. The maximum absolute atomic E-state index is 14.9. The summed E-state index contributed by atoms with van der Waals surface area (Å²) in [6, 6.07) is 7.92. The molecule has 0 aliphatic carbocycles. The van der Waals surface area contributed by atoms with Gasteiger partial charge in [-0.05, 0) is 25.2 Å².